The number of halogens is 3. The molecule has 148 valence electrons. The first-order valence-corrected chi connectivity index (χ1v) is 10.3. The summed E-state index contributed by atoms with van der Waals surface area (Å²) in [6, 6.07) is 14.3. The Hall–Kier alpha value is -1.67. The molecule has 1 unspecified atom stereocenters. The molecule has 0 aliphatic carbocycles. The molecule has 1 atom stereocenters. The molecule has 0 bridgehead atoms. The van der Waals surface area contributed by atoms with Crippen molar-refractivity contribution in [3.8, 4) is 0 Å². The molecule has 2 heterocycles. The first-order chi connectivity index (χ1) is 13.2. The molecule has 28 heavy (non-hydrogen) atoms. The third-order valence-electron chi connectivity index (χ3n) is 4.65. The van der Waals surface area contributed by atoms with Crippen LogP contribution in [-0.4, -0.2) is 49.7 Å². The summed E-state index contributed by atoms with van der Waals surface area (Å²) in [6.07, 6.45) is 0. The van der Waals surface area contributed by atoms with E-state index in [0.717, 1.165) is 41.5 Å². The molecule has 1 aliphatic rings. The second-order valence-electron chi connectivity index (χ2n) is 6.42. The molecule has 0 N–H and O–H groups in total. The number of nitrogens with zero attached hydrogens (tertiary/aromatic N) is 5. The Morgan fingerprint density at radius 2 is 1.71 bits per heavy atom. The smallest absolute Gasteiger partial charge is 0.173 e. The highest BCUT2D eigenvalue weighted by Crippen LogP contribution is 2.30. The Kier molecular flexibility index (Phi) is 7.29. The van der Waals surface area contributed by atoms with Crippen molar-refractivity contribution < 1.29 is 16.8 Å². The molecule has 0 amide bonds. The molecule has 9 heteroatoms. The van der Waals surface area contributed by atoms with Gasteiger partial charge < -0.3 is 12.4 Å². The monoisotopic (exact) mass is 438 g/mol. The second kappa shape index (κ2) is 9.69. The van der Waals surface area contributed by atoms with Crippen molar-refractivity contribution in [2.75, 3.05) is 24.6 Å². The van der Waals surface area contributed by atoms with Crippen LogP contribution in [0.3, 0.4) is 0 Å². The fourth-order valence-corrected chi connectivity index (χ4v) is 4.34. The van der Waals surface area contributed by atoms with E-state index in [4.69, 9.17) is 11.6 Å². The Morgan fingerprint density at radius 1 is 1.04 bits per heavy atom. The predicted molar refractivity (Wildman–Crippen MR) is 106 cm³/mol. The molecule has 3 aromatic rings. The minimum atomic E-state index is -0.249. The van der Waals surface area contributed by atoms with Crippen LogP contribution in [0.4, 0.5) is 4.39 Å². The van der Waals surface area contributed by atoms with Crippen LogP contribution in [0.1, 0.15) is 23.0 Å². The second-order valence-corrected chi connectivity index (χ2v) is 8.08. The molecule has 4 rings (SSSR count). The Balaban J connectivity index is 0.00000225. The molecular formula is C19H19Cl2FN5S-. The van der Waals surface area contributed by atoms with Crippen molar-refractivity contribution in [2.45, 2.75) is 12.6 Å². The van der Waals surface area contributed by atoms with Crippen molar-refractivity contribution in [3.05, 3.63) is 76.3 Å². The van der Waals surface area contributed by atoms with Gasteiger partial charge in [-0.15, -0.1) is 5.10 Å². The number of aromatic nitrogens is 4. The number of tetrazole rings is 1. The standard InChI is InChI=1S/C19H19ClFN5S.ClH/c20-16-5-3-15(4-6-16)18(25-9-11-27-12-10-25)19-22-23-24-26(19)13-14-1-7-17(21)8-2-14;/h1-8,18H,9-13H2;1H/p-1. The first kappa shape index (κ1) is 21.0. The van der Waals surface area contributed by atoms with Crippen LogP contribution in [0, 0.1) is 5.82 Å². The van der Waals surface area contributed by atoms with E-state index in [1.165, 1.54) is 12.1 Å². The summed E-state index contributed by atoms with van der Waals surface area (Å²) >= 11 is 8.05. The molecule has 1 fully saturated rings. The minimum Gasteiger partial charge on any atom is -1.00 e. The van der Waals surface area contributed by atoms with Gasteiger partial charge in [0.15, 0.2) is 5.82 Å². The quantitative estimate of drug-likeness (QED) is 0.585. The van der Waals surface area contributed by atoms with Gasteiger partial charge in [-0.2, -0.15) is 11.8 Å². The van der Waals surface area contributed by atoms with Crippen molar-refractivity contribution in [2.24, 2.45) is 0 Å². The van der Waals surface area contributed by atoms with Gasteiger partial charge in [-0.1, -0.05) is 35.9 Å². The Labute approximate surface area is 178 Å². The van der Waals surface area contributed by atoms with E-state index in [0.29, 0.717) is 11.6 Å². The summed E-state index contributed by atoms with van der Waals surface area (Å²) in [6.45, 7) is 2.44. The molecule has 0 radical (unpaired) electrons. The van der Waals surface area contributed by atoms with Crippen molar-refractivity contribution in [3.63, 3.8) is 0 Å². The number of benzene rings is 2. The highest BCUT2D eigenvalue weighted by atomic mass is 35.5. The number of thioether (sulfide) groups is 1. The van der Waals surface area contributed by atoms with E-state index < -0.39 is 0 Å². The number of hydrogen-bond acceptors (Lipinski definition) is 5. The van der Waals surface area contributed by atoms with Crippen LogP contribution in [0.2, 0.25) is 5.02 Å². The van der Waals surface area contributed by atoms with Gasteiger partial charge in [0.2, 0.25) is 0 Å². The molecule has 5 nitrogen and oxygen atoms in total. The zero-order chi connectivity index (χ0) is 18.6. The fraction of sp³-hybridized carbons (Fsp3) is 0.316. The number of hydrogen-bond donors (Lipinski definition) is 0. The summed E-state index contributed by atoms with van der Waals surface area (Å²) in [5.74, 6) is 2.71. The van der Waals surface area contributed by atoms with Gasteiger partial charge in [-0.05, 0) is 45.8 Å². The largest absolute Gasteiger partial charge is 1.00 e. The van der Waals surface area contributed by atoms with Crippen LogP contribution < -0.4 is 12.4 Å². The number of rotatable bonds is 5. The average Bonchev–Trinajstić information content (AvgIpc) is 3.14. The predicted octanol–water partition coefficient (Wildman–Crippen LogP) is 0.656. The van der Waals surface area contributed by atoms with Gasteiger partial charge >= 0.3 is 0 Å². The van der Waals surface area contributed by atoms with Crippen LogP contribution in [0.5, 0.6) is 0 Å². The van der Waals surface area contributed by atoms with Gasteiger partial charge in [0.25, 0.3) is 0 Å². The van der Waals surface area contributed by atoms with E-state index in [-0.39, 0.29) is 24.3 Å². The van der Waals surface area contributed by atoms with E-state index in [2.05, 4.69) is 20.4 Å². The molecule has 1 aromatic heterocycles. The maximum atomic E-state index is 13.2. The Bertz CT molecular complexity index is 882. The maximum Gasteiger partial charge on any atom is 0.173 e. The summed E-state index contributed by atoms with van der Waals surface area (Å²) in [7, 11) is 0. The van der Waals surface area contributed by atoms with E-state index in [9.17, 15) is 4.39 Å². The van der Waals surface area contributed by atoms with Crippen molar-refractivity contribution >= 4 is 23.4 Å². The third kappa shape index (κ3) is 4.84. The molecule has 0 spiro atoms. The zero-order valence-corrected chi connectivity index (χ0v) is 17.3. The molecule has 1 saturated heterocycles. The summed E-state index contributed by atoms with van der Waals surface area (Å²) in [4.78, 5) is 2.41. The molecule has 2 aromatic carbocycles. The SMILES string of the molecule is Fc1ccc(Cn2nnnc2C(c2ccc(Cl)cc2)N2CCSCC2)cc1.[Cl-]. The lowest BCUT2D eigenvalue weighted by molar-refractivity contribution is -0.00000605. The third-order valence-corrected chi connectivity index (χ3v) is 5.84. The summed E-state index contributed by atoms with van der Waals surface area (Å²) in [5.41, 5.74) is 2.07. The summed E-state index contributed by atoms with van der Waals surface area (Å²) in [5, 5.41) is 13.2. The highest BCUT2D eigenvalue weighted by molar-refractivity contribution is 7.99. The first-order valence-electron chi connectivity index (χ1n) is 8.78. The van der Waals surface area contributed by atoms with E-state index in [1.54, 1.807) is 16.8 Å². The normalized spacial score (nSPS) is 15.8. The lowest BCUT2D eigenvalue weighted by Crippen LogP contribution is -3.00. The van der Waals surface area contributed by atoms with Gasteiger partial charge in [-0.3, -0.25) is 4.90 Å². The maximum absolute atomic E-state index is 13.2. The van der Waals surface area contributed by atoms with Gasteiger partial charge in [0, 0.05) is 29.6 Å². The molecular weight excluding hydrogens is 420 g/mol. The van der Waals surface area contributed by atoms with Crippen molar-refractivity contribution in [1.82, 2.24) is 25.1 Å². The van der Waals surface area contributed by atoms with Gasteiger partial charge in [0.05, 0.1) is 12.6 Å². The molecule has 1 aliphatic heterocycles. The van der Waals surface area contributed by atoms with Gasteiger partial charge in [0.1, 0.15) is 5.82 Å². The minimum absolute atomic E-state index is 0. The van der Waals surface area contributed by atoms with Crippen LogP contribution in [0.15, 0.2) is 48.5 Å². The highest BCUT2D eigenvalue weighted by Gasteiger charge is 2.29. The summed E-state index contributed by atoms with van der Waals surface area (Å²) < 4.78 is 15.0. The lowest BCUT2D eigenvalue weighted by Gasteiger charge is -2.33. The van der Waals surface area contributed by atoms with Crippen molar-refractivity contribution in [1.29, 1.82) is 0 Å². The van der Waals surface area contributed by atoms with Crippen LogP contribution >= 0.6 is 23.4 Å². The molecule has 0 saturated carbocycles. The average molecular weight is 439 g/mol. The van der Waals surface area contributed by atoms with E-state index in [1.807, 2.05) is 36.0 Å². The van der Waals surface area contributed by atoms with Crippen LogP contribution in [0.25, 0.3) is 0 Å². The van der Waals surface area contributed by atoms with E-state index >= 15 is 0 Å². The van der Waals surface area contributed by atoms with Gasteiger partial charge in [-0.25, -0.2) is 9.07 Å². The van der Waals surface area contributed by atoms with Crippen LogP contribution in [-0.2, 0) is 6.54 Å². The topological polar surface area (TPSA) is 46.8 Å². The zero-order valence-electron chi connectivity index (χ0n) is 15.0. The lowest BCUT2D eigenvalue weighted by atomic mass is 10.0. The Morgan fingerprint density at radius 3 is 2.39 bits per heavy atom. The fourth-order valence-electron chi connectivity index (χ4n) is 3.29.